The molecule has 1 amide bonds. The molecule has 1 heterocycles. The van der Waals surface area contributed by atoms with Gasteiger partial charge in [-0.2, -0.15) is 0 Å². The average molecular weight is 390 g/mol. The fourth-order valence-corrected chi connectivity index (χ4v) is 4.22. The zero-order valence-corrected chi connectivity index (χ0v) is 17.6. The summed E-state index contributed by atoms with van der Waals surface area (Å²) in [7, 11) is -1.41. The van der Waals surface area contributed by atoms with E-state index < -0.39 is 15.4 Å². The summed E-state index contributed by atoms with van der Waals surface area (Å²) in [6, 6.07) is 0.193. The standard InChI is InChI=1S/C17H35N5O3S/c1-6-13-26(24,25)22-11-7-14(8-12-22)21-16(18-5)20-10-9-19-15(23)17(2,3)4/h14H,6-13H2,1-5H3,(H,19,23)(H2,18,20,21). The van der Waals surface area contributed by atoms with Crippen LogP contribution in [0.3, 0.4) is 0 Å². The maximum Gasteiger partial charge on any atom is 0.225 e. The van der Waals surface area contributed by atoms with Crippen LogP contribution >= 0.6 is 0 Å². The number of hydrogen-bond donors (Lipinski definition) is 3. The molecule has 1 saturated heterocycles. The van der Waals surface area contributed by atoms with E-state index in [0.717, 1.165) is 12.8 Å². The Morgan fingerprint density at radius 2 is 1.73 bits per heavy atom. The summed E-state index contributed by atoms with van der Waals surface area (Å²) in [5.41, 5.74) is -0.397. The number of amides is 1. The summed E-state index contributed by atoms with van der Waals surface area (Å²) in [4.78, 5) is 16.0. The normalized spacial score (nSPS) is 17.8. The number of nitrogens with one attached hydrogen (secondary N) is 3. The van der Waals surface area contributed by atoms with Crippen LogP contribution < -0.4 is 16.0 Å². The van der Waals surface area contributed by atoms with Crippen molar-refractivity contribution < 1.29 is 13.2 Å². The lowest BCUT2D eigenvalue weighted by atomic mass is 9.96. The largest absolute Gasteiger partial charge is 0.355 e. The first-order valence-corrected chi connectivity index (χ1v) is 10.9. The van der Waals surface area contributed by atoms with E-state index in [1.807, 2.05) is 27.7 Å². The van der Waals surface area contributed by atoms with E-state index in [1.165, 1.54) is 0 Å². The number of guanidine groups is 1. The topological polar surface area (TPSA) is 103 Å². The molecule has 0 aliphatic carbocycles. The van der Waals surface area contributed by atoms with Gasteiger partial charge in [-0.3, -0.25) is 9.79 Å². The van der Waals surface area contributed by atoms with Crippen LogP contribution in [0.5, 0.6) is 0 Å². The highest BCUT2D eigenvalue weighted by molar-refractivity contribution is 7.89. The van der Waals surface area contributed by atoms with Crippen LogP contribution in [-0.4, -0.2) is 69.6 Å². The molecule has 9 heteroatoms. The summed E-state index contributed by atoms with van der Waals surface area (Å²) in [6.07, 6.45) is 2.15. The van der Waals surface area contributed by atoms with E-state index in [9.17, 15) is 13.2 Å². The maximum atomic E-state index is 12.1. The number of sulfonamides is 1. The van der Waals surface area contributed by atoms with Gasteiger partial charge in [0.2, 0.25) is 15.9 Å². The van der Waals surface area contributed by atoms with E-state index >= 15 is 0 Å². The molecule has 0 aromatic rings. The van der Waals surface area contributed by atoms with E-state index in [4.69, 9.17) is 0 Å². The fraction of sp³-hybridized carbons (Fsp3) is 0.882. The molecule has 0 unspecified atom stereocenters. The third-order valence-corrected chi connectivity index (χ3v) is 6.33. The van der Waals surface area contributed by atoms with Crippen molar-refractivity contribution >= 4 is 21.9 Å². The Labute approximate surface area is 158 Å². The first kappa shape index (κ1) is 22.7. The lowest BCUT2D eigenvalue weighted by Crippen LogP contribution is -2.51. The number of hydrogen-bond acceptors (Lipinski definition) is 4. The molecule has 26 heavy (non-hydrogen) atoms. The van der Waals surface area contributed by atoms with E-state index in [2.05, 4.69) is 20.9 Å². The predicted octanol–water partition coefficient (Wildman–Crippen LogP) is 0.518. The molecule has 0 bridgehead atoms. The Kier molecular flexibility index (Phi) is 8.82. The van der Waals surface area contributed by atoms with Gasteiger partial charge in [0.1, 0.15) is 0 Å². The Hall–Kier alpha value is -1.35. The quantitative estimate of drug-likeness (QED) is 0.335. The molecule has 0 saturated carbocycles. The van der Waals surface area contributed by atoms with Gasteiger partial charge in [-0.25, -0.2) is 12.7 Å². The van der Waals surface area contributed by atoms with Gasteiger partial charge in [-0.05, 0) is 19.3 Å². The highest BCUT2D eigenvalue weighted by Crippen LogP contribution is 2.15. The third kappa shape index (κ3) is 7.49. The molecule has 152 valence electrons. The second-order valence-corrected chi connectivity index (χ2v) is 9.73. The smallest absolute Gasteiger partial charge is 0.225 e. The predicted molar refractivity (Wildman–Crippen MR) is 106 cm³/mol. The van der Waals surface area contributed by atoms with Gasteiger partial charge in [-0.15, -0.1) is 0 Å². The number of nitrogens with zero attached hydrogens (tertiary/aromatic N) is 2. The van der Waals surface area contributed by atoms with Crippen molar-refractivity contribution in [2.24, 2.45) is 10.4 Å². The van der Waals surface area contributed by atoms with Crippen LogP contribution in [-0.2, 0) is 14.8 Å². The highest BCUT2D eigenvalue weighted by atomic mass is 32.2. The lowest BCUT2D eigenvalue weighted by Gasteiger charge is -2.32. The summed E-state index contributed by atoms with van der Waals surface area (Å²) >= 11 is 0. The number of rotatable bonds is 7. The Balaban J connectivity index is 2.34. The minimum Gasteiger partial charge on any atom is -0.355 e. The van der Waals surface area contributed by atoms with Gasteiger partial charge in [0.05, 0.1) is 5.75 Å². The average Bonchev–Trinajstić information content (AvgIpc) is 2.56. The second-order valence-electron chi connectivity index (χ2n) is 7.64. The Morgan fingerprint density at radius 1 is 1.15 bits per heavy atom. The van der Waals surface area contributed by atoms with Crippen LogP contribution in [0.4, 0.5) is 0 Å². The number of aliphatic imine (C=N–C) groups is 1. The van der Waals surface area contributed by atoms with Gasteiger partial charge in [-0.1, -0.05) is 27.7 Å². The SMILES string of the molecule is CCCS(=O)(=O)N1CCC(NC(=NC)NCCNC(=O)C(C)(C)C)CC1. The lowest BCUT2D eigenvalue weighted by molar-refractivity contribution is -0.128. The summed E-state index contributed by atoms with van der Waals surface area (Å²) in [5, 5.41) is 9.39. The van der Waals surface area contributed by atoms with Crippen LogP contribution in [0.1, 0.15) is 47.0 Å². The van der Waals surface area contributed by atoms with Crippen molar-refractivity contribution in [3.05, 3.63) is 0 Å². The maximum absolute atomic E-state index is 12.1. The number of carbonyl (C=O) groups excluding carboxylic acids is 1. The Morgan fingerprint density at radius 3 is 2.23 bits per heavy atom. The monoisotopic (exact) mass is 389 g/mol. The van der Waals surface area contributed by atoms with Crippen molar-refractivity contribution in [2.75, 3.05) is 39.0 Å². The van der Waals surface area contributed by atoms with Crippen molar-refractivity contribution in [1.82, 2.24) is 20.3 Å². The summed E-state index contributed by atoms with van der Waals surface area (Å²) in [6.45, 7) is 9.69. The number of carbonyl (C=O) groups is 1. The molecule has 1 aliphatic rings. The molecule has 0 radical (unpaired) electrons. The highest BCUT2D eigenvalue weighted by Gasteiger charge is 2.27. The van der Waals surface area contributed by atoms with Gasteiger partial charge in [0.15, 0.2) is 5.96 Å². The van der Waals surface area contributed by atoms with Gasteiger partial charge < -0.3 is 16.0 Å². The van der Waals surface area contributed by atoms with E-state index in [1.54, 1.807) is 11.4 Å². The molecular weight excluding hydrogens is 354 g/mol. The van der Waals surface area contributed by atoms with Crippen LogP contribution in [0, 0.1) is 5.41 Å². The minimum atomic E-state index is -3.11. The molecule has 0 atom stereocenters. The molecule has 0 aromatic carbocycles. The first-order valence-electron chi connectivity index (χ1n) is 9.33. The van der Waals surface area contributed by atoms with Crippen LogP contribution in [0.15, 0.2) is 4.99 Å². The van der Waals surface area contributed by atoms with Gasteiger partial charge in [0, 0.05) is 44.7 Å². The third-order valence-electron chi connectivity index (χ3n) is 4.26. The summed E-state index contributed by atoms with van der Waals surface area (Å²) in [5.74, 6) is 0.905. The van der Waals surface area contributed by atoms with Crippen molar-refractivity contribution in [1.29, 1.82) is 0 Å². The molecule has 1 rings (SSSR count). The number of piperidine rings is 1. The zero-order valence-electron chi connectivity index (χ0n) is 16.8. The van der Waals surface area contributed by atoms with Crippen LogP contribution in [0.25, 0.3) is 0 Å². The van der Waals surface area contributed by atoms with Crippen molar-refractivity contribution in [3.63, 3.8) is 0 Å². The Bertz CT molecular complexity index is 576. The molecule has 8 nitrogen and oxygen atoms in total. The van der Waals surface area contributed by atoms with Crippen molar-refractivity contribution in [3.8, 4) is 0 Å². The minimum absolute atomic E-state index is 0.0166. The zero-order chi connectivity index (χ0) is 19.8. The van der Waals surface area contributed by atoms with E-state index in [-0.39, 0.29) is 17.7 Å². The molecule has 1 aliphatic heterocycles. The van der Waals surface area contributed by atoms with Crippen LogP contribution in [0.2, 0.25) is 0 Å². The summed E-state index contributed by atoms with van der Waals surface area (Å²) < 4.78 is 25.8. The molecule has 1 fully saturated rings. The fourth-order valence-electron chi connectivity index (χ4n) is 2.68. The molecular formula is C17H35N5O3S. The second kappa shape index (κ2) is 10.1. The van der Waals surface area contributed by atoms with Crippen molar-refractivity contribution in [2.45, 2.75) is 53.0 Å². The first-order chi connectivity index (χ1) is 12.1. The van der Waals surface area contributed by atoms with Gasteiger partial charge >= 0.3 is 0 Å². The van der Waals surface area contributed by atoms with Gasteiger partial charge in [0.25, 0.3) is 0 Å². The molecule has 0 spiro atoms. The molecule has 0 aromatic heterocycles. The molecule has 3 N–H and O–H groups in total. The van der Waals surface area contributed by atoms with E-state index in [0.29, 0.717) is 38.6 Å².